The van der Waals surface area contributed by atoms with Crippen LogP contribution in [-0.2, 0) is 9.84 Å². The van der Waals surface area contributed by atoms with E-state index < -0.39 is 15.9 Å². The highest BCUT2D eigenvalue weighted by Crippen LogP contribution is 2.13. The van der Waals surface area contributed by atoms with Crippen LogP contribution in [-0.4, -0.2) is 62.3 Å². The van der Waals surface area contributed by atoms with E-state index in [0.717, 1.165) is 0 Å². The fraction of sp³-hybridized carbons (Fsp3) is 0.500. The van der Waals surface area contributed by atoms with E-state index in [-0.39, 0.29) is 18.1 Å². The molecule has 0 aromatic heterocycles. The van der Waals surface area contributed by atoms with Gasteiger partial charge in [0.25, 0.3) is 0 Å². The van der Waals surface area contributed by atoms with E-state index in [1.54, 1.807) is 24.3 Å². The molecular weight excluding hydrogens is 292 g/mol. The van der Waals surface area contributed by atoms with Crippen LogP contribution < -0.4 is 4.74 Å². The second kappa shape index (κ2) is 6.89. The standard InChI is InChI=1S/C14H18N2O4S/c15-9-12-2-1-3-14(8-12)20-11-13(17)10-16-4-6-21(18,19)7-5-16/h1-3,8,13,17H,4-7,10-11H2. The molecule has 1 aromatic carbocycles. The quantitative estimate of drug-likeness (QED) is 0.825. The Kier molecular flexibility index (Phi) is 5.17. The van der Waals surface area contributed by atoms with Crippen molar-refractivity contribution in [3.63, 3.8) is 0 Å². The van der Waals surface area contributed by atoms with E-state index in [0.29, 0.717) is 30.9 Å². The van der Waals surface area contributed by atoms with Gasteiger partial charge in [-0.15, -0.1) is 0 Å². The lowest BCUT2D eigenvalue weighted by Gasteiger charge is -2.28. The van der Waals surface area contributed by atoms with Crippen molar-refractivity contribution in [2.24, 2.45) is 0 Å². The molecule has 1 saturated heterocycles. The number of ether oxygens (including phenoxy) is 1. The molecule has 0 amide bonds. The van der Waals surface area contributed by atoms with E-state index in [1.165, 1.54) is 0 Å². The minimum absolute atomic E-state index is 0.109. The average Bonchev–Trinajstić information content (AvgIpc) is 2.48. The molecule has 1 unspecified atom stereocenters. The van der Waals surface area contributed by atoms with Gasteiger partial charge < -0.3 is 9.84 Å². The minimum Gasteiger partial charge on any atom is -0.491 e. The highest BCUT2D eigenvalue weighted by molar-refractivity contribution is 7.91. The summed E-state index contributed by atoms with van der Waals surface area (Å²) in [6.07, 6.45) is -0.698. The predicted molar refractivity (Wildman–Crippen MR) is 77.8 cm³/mol. The molecule has 1 aromatic rings. The van der Waals surface area contributed by atoms with Crippen molar-refractivity contribution in [2.45, 2.75) is 6.10 Å². The molecule has 6 nitrogen and oxygen atoms in total. The molecule has 21 heavy (non-hydrogen) atoms. The Labute approximate surface area is 124 Å². The first-order valence-electron chi connectivity index (χ1n) is 6.72. The van der Waals surface area contributed by atoms with E-state index in [9.17, 15) is 13.5 Å². The number of hydrogen-bond acceptors (Lipinski definition) is 6. The molecule has 0 spiro atoms. The summed E-state index contributed by atoms with van der Waals surface area (Å²) in [7, 11) is -2.90. The number of aliphatic hydroxyl groups is 1. The molecule has 1 N–H and O–H groups in total. The number of nitrogens with zero attached hydrogens (tertiary/aromatic N) is 2. The van der Waals surface area contributed by atoms with Gasteiger partial charge in [-0.1, -0.05) is 6.07 Å². The molecule has 1 heterocycles. The summed E-state index contributed by atoms with van der Waals surface area (Å²) in [4.78, 5) is 1.92. The van der Waals surface area contributed by atoms with Gasteiger partial charge >= 0.3 is 0 Å². The number of sulfone groups is 1. The van der Waals surface area contributed by atoms with Gasteiger partial charge in [-0.3, -0.25) is 4.90 Å². The molecule has 1 atom stereocenters. The van der Waals surface area contributed by atoms with Crippen LogP contribution >= 0.6 is 0 Å². The van der Waals surface area contributed by atoms with Gasteiger partial charge in [-0.25, -0.2) is 8.42 Å². The minimum atomic E-state index is -2.90. The highest BCUT2D eigenvalue weighted by Gasteiger charge is 2.23. The zero-order valence-electron chi connectivity index (χ0n) is 11.6. The number of nitriles is 1. The summed E-state index contributed by atoms with van der Waals surface area (Å²) >= 11 is 0. The molecule has 0 bridgehead atoms. The second-order valence-corrected chi connectivity index (χ2v) is 7.36. The third-order valence-corrected chi connectivity index (χ3v) is 4.92. The van der Waals surface area contributed by atoms with Crippen LogP contribution in [0, 0.1) is 11.3 Å². The zero-order chi connectivity index (χ0) is 15.3. The largest absolute Gasteiger partial charge is 0.491 e. The molecule has 0 saturated carbocycles. The van der Waals surface area contributed by atoms with Crippen molar-refractivity contribution in [3.05, 3.63) is 29.8 Å². The number of aliphatic hydroxyl groups excluding tert-OH is 1. The summed E-state index contributed by atoms with van der Waals surface area (Å²) < 4.78 is 28.1. The topological polar surface area (TPSA) is 90.6 Å². The molecule has 1 aliphatic rings. The number of hydrogen-bond donors (Lipinski definition) is 1. The Hall–Kier alpha value is -1.62. The third-order valence-electron chi connectivity index (χ3n) is 3.31. The first-order chi connectivity index (χ1) is 9.98. The maximum absolute atomic E-state index is 11.3. The molecule has 0 radical (unpaired) electrons. The SMILES string of the molecule is N#Cc1cccc(OCC(O)CN2CCS(=O)(=O)CC2)c1. The molecule has 7 heteroatoms. The smallest absolute Gasteiger partial charge is 0.152 e. The normalized spacial score (nSPS) is 19.6. The molecule has 0 aliphatic carbocycles. The Morgan fingerprint density at radius 1 is 1.38 bits per heavy atom. The molecule has 114 valence electrons. The summed E-state index contributed by atoms with van der Waals surface area (Å²) in [5.41, 5.74) is 0.503. The average molecular weight is 310 g/mol. The zero-order valence-corrected chi connectivity index (χ0v) is 12.4. The number of β-amino-alcohol motifs (C(OH)–C–C–N with tert-alkyl or cyclic N) is 1. The summed E-state index contributed by atoms with van der Waals surface area (Å²) in [5, 5.41) is 18.7. The number of rotatable bonds is 5. The van der Waals surface area contributed by atoms with Crippen molar-refractivity contribution in [2.75, 3.05) is 37.7 Å². The Bertz CT molecular complexity index is 610. The third kappa shape index (κ3) is 5.01. The van der Waals surface area contributed by atoms with Crippen LogP contribution in [0.3, 0.4) is 0 Å². The van der Waals surface area contributed by atoms with E-state index in [2.05, 4.69) is 0 Å². The summed E-state index contributed by atoms with van der Waals surface area (Å²) in [5.74, 6) is 0.824. The molecule has 1 aliphatic heterocycles. The fourth-order valence-corrected chi connectivity index (χ4v) is 3.41. The number of benzene rings is 1. The Morgan fingerprint density at radius 3 is 2.76 bits per heavy atom. The van der Waals surface area contributed by atoms with Crippen molar-refractivity contribution in [3.8, 4) is 11.8 Å². The maximum Gasteiger partial charge on any atom is 0.152 e. The summed E-state index contributed by atoms with van der Waals surface area (Å²) in [6, 6.07) is 8.75. The van der Waals surface area contributed by atoms with Crippen LogP contribution in [0.5, 0.6) is 5.75 Å². The van der Waals surface area contributed by atoms with Crippen LogP contribution in [0.1, 0.15) is 5.56 Å². The fourth-order valence-electron chi connectivity index (χ4n) is 2.13. The van der Waals surface area contributed by atoms with Gasteiger partial charge in [-0.2, -0.15) is 5.26 Å². The summed E-state index contributed by atoms with van der Waals surface area (Å²) in [6.45, 7) is 1.39. The first kappa shape index (κ1) is 15.8. The van der Waals surface area contributed by atoms with Crippen LogP contribution in [0.15, 0.2) is 24.3 Å². The molecular formula is C14H18N2O4S. The second-order valence-electron chi connectivity index (χ2n) is 5.06. The lowest BCUT2D eigenvalue weighted by Crippen LogP contribution is -2.44. The van der Waals surface area contributed by atoms with Crippen LogP contribution in [0.4, 0.5) is 0 Å². The van der Waals surface area contributed by atoms with Crippen molar-refractivity contribution >= 4 is 9.84 Å². The van der Waals surface area contributed by atoms with Gasteiger partial charge in [0.2, 0.25) is 0 Å². The van der Waals surface area contributed by atoms with Gasteiger partial charge in [0.1, 0.15) is 18.5 Å². The first-order valence-corrected chi connectivity index (χ1v) is 8.54. The Morgan fingerprint density at radius 2 is 2.10 bits per heavy atom. The van der Waals surface area contributed by atoms with Crippen LogP contribution in [0.25, 0.3) is 0 Å². The van der Waals surface area contributed by atoms with Crippen molar-refractivity contribution < 1.29 is 18.3 Å². The lowest BCUT2D eigenvalue weighted by molar-refractivity contribution is 0.0710. The van der Waals surface area contributed by atoms with Crippen molar-refractivity contribution in [1.82, 2.24) is 4.90 Å². The lowest BCUT2D eigenvalue weighted by atomic mass is 10.2. The van der Waals surface area contributed by atoms with E-state index >= 15 is 0 Å². The Balaban J connectivity index is 1.77. The highest BCUT2D eigenvalue weighted by atomic mass is 32.2. The van der Waals surface area contributed by atoms with E-state index in [4.69, 9.17) is 10.00 Å². The predicted octanol–water partition coefficient (Wildman–Crippen LogP) is 0.0284. The maximum atomic E-state index is 11.3. The molecule has 2 rings (SSSR count). The van der Waals surface area contributed by atoms with Gasteiger partial charge in [0, 0.05) is 19.6 Å². The van der Waals surface area contributed by atoms with Crippen molar-refractivity contribution in [1.29, 1.82) is 5.26 Å². The van der Waals surface area contributed by atoms with Crippen LogP contribution in [0.2, 0.25) is 0 Å². The van der Waals surface area contributed by atoms with E-state index in [1.807, 2.05) is 11.0 Å². The van der Waals surface area contributed by atoms with Gasteiger partial charge in [0.15, 0.2) is 9.84 Å². The molecule has 1 fully saturated rings. The van der Waals surface area contributed by atoms with Gasteiger partial charge in [0.05, 0.1) is 23.1 Å². The monoisotopic (exact) mass is 310 g/mol. The van der Waals surface area contributed by atoms with Gasteiger partial charge in [-0.05, 0) is 18.2 Å².